The largest absolute Gasteiger partial charge is 0.333 e. The maximum absolute atomic E-state index is 5.44. The van der Waals surface area contributed by atoms with Gasteiger partial charge in [0, 0.05) is 13.3 Å². The summed E-state index contributed by atoms with van der Waals surface area (Å²) in [6, 6.07) is 0. The Labute approximate surface area is 72.4 Å². The first-order valence-corrected chi connectivity index (χ1v) is 6.32. The van der Waals surface area contributed by atoms with Crippen LogP contribution in [0.4, 0.5) is 0 Å². The molecule has 0 saturated carbocycles. The van der Waals surface area contributed by atoms with Crippen LogP contribution in [-0.2, 0) is 20.9 Å². The summed E-state index contributed by atoms with van der Waals surface area (Å²) in [5.74, 6) is 2.55. The molecule has 0 aromatic heterocycles. The fourth-order valence-corrected chi connectivity index (χ4v) is 3.21. The Morgan fingerprint density at radius 3 is 3.09 bits per heavy atom. The third kappa shape index (κ3) is 2.28. The summed E-state index contributed by atoms with van der Waals surface area (Å²) in [4.78, 5) is 0. The van der Waals surface area contributed by atoms with Gasteiger partial charge in [0.1, 0.15) is 6.10 Å². The van der Waals surface area contributed by atoms with Crippen molar-refractivity contribution >= 4 is 18.3 Å². The summed E-state index contributed by atoms with van der Waals surface area (Å²) >= 11 is 5.17. The predicted octanol–water partition coefficient (Wildman–Crippen LogP) is 1.75. The van der Waals surface area contributed by atoms with E-state index in [1.54, 1.807) is 7.11 Å². The zero-order chi connectivity index (χ0) is 8.32. The van der Waals surface area contributed by atoms with E-state index in [1.807, 2.05) is 0 Å². The SMILES string of the molecule is C#CC1CCCP(=S)(OC)O1. The minimum Gasteiger partial charge on any atom is -0.333 e. The number of terminal acetylenes is 1. The van der Waals surface area contributed by atoms with Crippen molar-refractivity contribution in [2.75, 3.05) is 13.3 Å². The molecule has 0 bridgehead atoms. The van der Waals surface area contributed by atoms with E-state index in [0.717, 1.165) is 19.0 Å². The van der Waals surface area contributed by atoms with Crippen LogP contribution >= 0.6 is 6.49 Å². The highest BCUT2D eigenvalue weighted by Crippen LogP contribution is 2.52. The zero-order valence-electron chi connectivity index (χ0n) is 6.45. The summed E-state index contributed by atoms with van der Waals surface area (Å²) in [5.41, 5.74) is 0. The average Bonchev–Trinajstić information content (AvgIpc) is 2.05. The number of rotatable bonds is 1. The topological polar surface area (TPSA) is 18.5 Å². The molecule has 4 heteroatoms. The highest BCUT2D eigenvalue weighted by Gasteiger charge is 2.26. The van der Waals surface area contributed by atoms with Crippen LogP contribution in [0.1, 0.15) is 12.8 Å². The minimum atomic E-state index is -1.98. The van der Waals surface area contributed by atoms with Gasteiger partial charge in [-0.05, 0) is 24.6 Å². The van der Waals surface area contributed by atoms with Gasteiger partial charge in [0.25, 0.3) is 0 Å². The normalized spacial score (nSPS) is 38.0. The van der Waals surface area contributed by atoms with E-state index in [4.69, 9.17) is 27.3 Å². The third-order valence-corrected chi connectivity index (χ3v) is 4.90. The Kier molecular flexibility index (Phi) is 3.09. The van der Waals surface area contributed by atoms with Crippen molar-refractivity contribution < 1.29 is 9.05 Å². The molecular weight excluding hydrogens is 179 g/mol. The van der Waals surface area contributed by atoms with Crippen molar-refractivity contribution in [3.63, 3.8) is 0 Å². The van der Waals surface area contributed by atoms with Gasteiger partial charge in [0.2, 0.25) is 0 Å². The van der Waals surface area contributed by atoms with E-state index in [9.17, 15) is 0 Å². The summed E-state index contributed by atoms with van der Waals surface area (Å²) in [6.07, 6.45) is 7.90. The molecule has 0 aromatic carbocycles. The van der Waals surface area contributed by atoms with Crippen molar-refractivity contribution in [2.45, 2.75) is 18.9 Å². The lowest BCUT2D eigenvalue weighted by Crippen LogP contribution is -2.16. The number of hydrogen-bond acceptors (Lipinski definition) is 3. The lowest BCUT2D eigenvalue weighted by Gasteiger charge is -2.28. The minimum absolute atomic E-state index is 0.116. The van der Waals surface area contributed by atoms with Gasteiger partial charge in [-0.2, -0.15) is 0 Å². The van der Waals surface area contributed by atoms with Crippen molar-refractivity contribution in [3.05, 3.63) is 0 Å². The van der Waals surface area contributed by atoms with Crippen LogP contribution in [-0.4, -0.2) is 19.4 Å². The van der Waals surface area contributed by atoms with Crippen LogP contribution < -0.4 is 0 Å². The molecule has 0 aromatic rings. The molecular formula is C7H11O2PS. The molecule has 62 valence electrons. The maximum atomic E-state index is 5.44. The predicted molar refractivity (Wildman–Crippen MR) is 49.1 cm³/mol. The first kappa shape index (κ1) is 9.22. The zero-order valence-corrected chi connectivity index (χ0v) is 8.16. The molecule has 0 radical (unpaired) electrons. The summed E-state index contributed by atoms with van der Waals surface area (Å²) < 4.78 is 10.6. The van der Waals surface area contributed by atoms with Crippen LogP contribution in [0, 0.1) is 12.3 Å². The Morgan fingerprint density at radius 1 is 1.82 bits per heavy atom. The molecule has 1 saturated heterocycles. The maximum Gasteiger partial charge on any atom is 0.189 e. The van der Waals surface area contributed by atoms with E-state index in [2.05, 4.69) is 5.92 Å². The van der Waals surface area contributed by atoms with Gasteiger partial charge in [0.05, 0.1) is 0 Å². The Balaban J connectivity index is 2.61. The lowest BCUT2D eigenvalue weighted by atomic mass is 10.2. The summed E-state index contributed by atoms with van der Waals surface area (Å²) in [6.45, 7) is -1.98. The van der Waals surface area contributed by atoms with Crippen LogP contribution in [0.15, 0.2) is 0 Å². The van der Waals surface area contributed by atoms with Gasteiger partial charge in [-0.1, -0.05) is 5.92 Å². The number of hydrogen-bond donors (Lipinski definition) is 0. The van der Waals surface area contributed by atoms with Gasteiger partial charge in [0.15, 0.2) is 6.49 Å². The molecule has 0 spiro atoms. The Hall–Kier alpha value is 0.130. The molecule has 2 unspecified atom stereocenters. The van der Waals surface area contributed by atoms with Crippen molar-refractivity contribution in [3.8, 4) is 12.3 Å². The van der Waals surface area contributed by atoms with Crippen molar-refractivity contribution in [2.24, 2.45) is 0 Å². The highest BCUT2D eigenvalue weighted by molar-refractivity contribution is 8.09. The second-order valence-electron chi connectivity index (χ2n) is 2.42. The van der Waals surface area contributed by atoms with E-state index in [1.165, 1.54) is 0 Å². The monoisotopic (exact) mass is 190 g/mol. The standard InChI is InChI=1S/C7H11O2PS/c1-3-7-5-4-6-10(11,8-2)9-7/h1,7H,4-6H2,2H3. The van der Waals surface area contributed by atoms with Crippen LogP contribution in [0.3, 0.4) is 0 Å². The smallest absolute Gasteiger partial charge is 0.189 e. The van der Waals surface area contributed by atoms with E-state index >= 15 is 0 Å². The second-order valence-corrected chi connectivity index (χ2v) is 6.33. The summed E-state index contributed by atoms with van der Waals surface area (Å²) in [7, 11) is 1.60. The van der Waals surface area contributed by atoms with Gasteiger partial charge in [-0.3, -0.25) is 0 Å². The molecule has 11 heavy (non-hydrogen) atoms. The van der Waals surface area contributed by atoms with Gasteiger partial charge in [-0.25, -0.2) is 0 Å². The van der Waals surface area contributed by atoms with Crippen LogP contribution in [0.2, 0.25) is 0 Å². The molecule has 0 amide bonds. The van der Waals surface area contributed by atoms with E-state index in [-0.39, 0.29) is 6.10 Å². The first-order valence-electron chi connectivity index (χ1n) is 3.49. The fourth-order valence-electron chi connectivity index (χ4n) is 1.02. The quantitative estimate of drug-likeness (QED) is 0.463. The fraction of sp³-hybridized carbons (Fsp3) is 0.714. The molecule has 1 aliphatic rings. The molecule has 1 rings (SSSR count). The van der Waals surface area contributed by atoms with Gasteiger partial charge < -0.3 is 9.05 Å². The third-order valence-electron chi connectivity index (χ3n) is 1.65. The molecule has 1 fully saturated rings. The molecule has 1 aliphatic heterocycles. The van der Waals surface area contributed by atoms with E-state index < -0.39 is 6.49 Å². The molecule has 2 nitrogen and oxygen atoms in total. The second kappa shape index (κ2) is 3.69. The molecule has 1 heterocycles. The molecule has 2 atom stereocenters. The van der Waals surface area contributed by atoms with E-state index in [0.29, 0.717) is 0 Å². The molecule has 0 N–H and O–H groups in total. The van der Waals surface area contributed by atoms with Crippen LogP contribution in [0.25, 0.3) is 0 Å². The highest BCUT2D eigenvalue weighted by atomic mass is 32.5. The molecule has 0 aliphatic carbocycles. The average molecular weight is 190 g/mol. The van der Waals surface area contributed by atoms with Gasteiger partial charge in [-0.15, -0.1) is 6.42 Å². The van der Waals surface area contributed by atoms with Crippen molar-refractivity contribution in [1.29, 1.82) is 0 Å². The van der Waals surface area contributed by atoms with Crippen LogP contribution in [0.5, 0.6) is 0 Å². The summed E-state index contributed by atoms with van der Waals surface area (Å²) in [5, 5.41) is 0. The lowest BCUT2D eigenvalue weighted by molar-refractivity contribution is 0.209. The van der Waals surface area contributed by atoms with Crippen molar-refractivity contribution in [1.82, 2.24) is 0 Å². The first-order chi connectivity index (χ1) is 5.20. The Bertz CT molecular complexity index is 221. The van der Waals surface area contributed by atoms with Gasteiger partial charge >= 0.3 is 0 Å². The Morgan fingerprint density at radius 2 is 2.55 bits per heavy atom.